The van der Waals surface area contributed by atoms with Crippen molar-refractivity contribution >= 4 is 10.1 Å². The van der Waals surface area contributed by atoms with Crippen LogP contribution in [-0.4, -0.2) is 23.0 Å². The minimum Gasteiger partial charge on any atom is -0.741 e. The molecule has 9 heteroatoms. The van der Waals surface area contributed by atoms with E-state index in [1.165, 1.54) is 12.8 Å². The predicted molar refractivity (Wildman–Crippen MR) is 61.0 cm³/mol. The van der Waals surface area contributed by atoms with Gasteiger partial charge in [0.15, 0.2) is 10.1 Å². The molecule has 1 aromatic heterocycles. The molecule has 0 saturated heterocycles. The Kier molecular flexibility index (Phi) is 7.06. The Bertz CT molecular complexity index is 469. The Morgan fingerprint density at radius 2 is 1.84 bits per heavy atom. The van der Waals surface area contributed by atoms with Crippen molar-refractivity contribution in [1.82, 2.24) is 4.57 Å². The Hall–Kier alpha value is -1.09. The van der Waals surface area contributed by atoms with Gasteiger partial charge < -0.3 is 4.55 Å². The molecule has 0 spiro atoms. The number of nitrogens with zero attached hydrogens (tertiary/aromatic N) is 2. The van der Waals surface area contributed by atoms with E-state index in [0.717, 1.165) is 13.1 Å². The molecule has 0 aliphatic rings. The summed E-state index contributed by atoms with van der Waals surface area (Å²) in [7, 11) is -6.09. The highest BCUT2D eigenvalue weighted by atomic mass is 32.2. The van der Waals surface area contributed by atoms with Crippen LogP contribution in [0.2, 0.25) is 0 Å². The van der Waals surface area contributed by atoms with Crippen LogP contribution in [0.3, 0.4) is 0 Å². The highest BCUT2D eigenvalue weighted by Gasteiger charge is 2.36. The second kappa shape index (κ2) is 7.49. The molecule has 0 fully saturated rings. The first-order chi connectivity index (χ1) is 8.61. The van der Waals surface area contributed by atoms with Gasteiger partial charge >= 0.3 is 5.51 Å². The number of hydrogen-bond donors (Lipinski definition) is 0. The largest absolute Gasteiger partial charge is 0.741 e. The molecule has 5 nitrogen and oxygen atoms in total. The van der Waals surface area contributed by atoms with Crippen LogP contribution in [0.5, 0.6) is 0 Å². The Morgan fingerprint density at radius 1 is 1.32 bits per heavy atom. The third-order valence-corrected chi connectivity index (χ3v) is 2.73. The molecule has 0 aliphatic heterocycles. The maximum Gasteiger partial charge on any atom is 0.485 e. The van der Waals surface area contributed by atoms with E-state index in [9.17, 15) is 13.2 Å². The van der Waals surface area contributed by atoms with Crippen molar-refractivity contribution in [2.24, 2.45) is 0 Å². The van der Waals surface area contributed by atoms with Crippen LogP contribution in [0.25, 0.3) is 0 Å². The van der Waals surface area contributed by atoms with Crippen LogP contribution in [0.1, 0.15) is 26.7 Å². The van der Waals surface area contributed by atoms with Crippen molar-refractivity contribution in [2.75, 3.05) is 0 Å². The lowest BCUT2D eigenvalue weighted by molar-refractivity contribution is -0.696. The molecule has 0 saturated carbocycles. The summed E-state index contributed by atoms with van der Waals surface area (Å²) in [6.45, 7) is 6.60. The van der Waals surface area contributed by atoms with Crippen LogP contribution in [-0.2, 0) is 23.2 Å². The summed E-state index contributed by atoms with van der Waals surface area (Å²) in [5.74, 6) is 0. The average Bonchev–Trinajstić information content (AvgIpc) is 2.72. The summed E-state index contributed by atoms with van der Waals surface area (Å²) in [6.07, 6.45) is 8.97. The topological polar surface area (TPSA) is 66.0 Å². The number of rotatable bonds is 4. The summed E-state index contributed by atoms with van der Waals surface area (Å²) in [4.78, 5) is 0. The van der Waals surface area contributed by atoms with Crippen molar-refractivity contribution in [1.29, 1.82) is 0 Å². The standard InChI is InChI=1S/C9H17N2.CHF3O3S/c1-3-5-6-11-8-7-10(4-2)9-11;2-1(3,4)8(5,6)7/h7-9H,3-6H2,1-2H3;(H,5,6,7)/q+1;/p-1. The average molecular weight is 302 g/mol. The van der Waals surface area contributed by atoms with Crippen LogP contribution in [0.4, 0.5) is 13.2 Å². The van der Waals surface area contributed by atoms with E-state index in [1.54, 1.807) is 0 Å². The smallest absolute Gasteiger partial charge is 0.485 e. The number of aryl methyl sites for hydroxylation is 2. The molecule has 0 amide bonds. The fraction of sp³-hybridized carbons (Fsp3) is 0.700. The van der Waals surface area contributed by atoms with Gasteiger partial charge in [-0.15, -0.1) is 0 Å². The lowest BCUT2D eigenvalue weighted by atomic mass is 10.3. The summed E-state index contributed by atoms with van der Waals surface area (Å²) in [5.41, 5.74) is -5.65. The van der Waals surface area contributed by atoms with Crippen LogP contribution >= 0.6 is 0 Å². The Balaban J connectivity index is 0.000000362. The molecular formula is C10H17F3N2O3S. The van der Waals surface area contributed by atoms with Gasteiger partial charge in [0, 0.05) is 0 Å². The van der Waals surface area contributed by atoms with Crippen LogP contribution in [0.15, 0.2) is 18.7 Å². The number of imidazole rings is 1. The zero-order valence-electron chi connectivity index (χ0n) is 10.7. The zero-order valence-corrected chi connectivity index (χ0v) is 11.5. The normalized spacial score (nSPS) is 11.9. The minimum absolute atomic E-state index is 1.07. The lowest BCUT2D eigenvalue weighted by Crippen LogP contribution is -2.30. The van der Waals surface area contributed by atoms with E-state index < -0.39 is 15.6 Å². The summed E-state index contributed by atoms with van der Waals surface area (Å²) >= 11 is 0. The van der Waals surface area contributed by atoms with Crippen molar-refractivity contribution in [2.45, 2.75) is 45.3 Å². The third-order valence-electron chi connectivity index (χ3n) is 2.16. The number of aromatic nitrogens is 2. The van der Waals surface area contributed by atoms with Gasteiger partial charge in [-0.2, -0.15) is 13.2 Å². The highest BCUT2D eigenvalue weighted by Crippen LogP contribution is 2.20. The van der Waals surface area contributed by atoms with Gasteiger partial charge in [0.1, 0.15) is 12.4 Å². The Labute approximate surface area is 110 Å². The van der Waals surface area contributed by atoms with Crippen molar-refractivity contribution < 1.29 is 30.7 Å². The summed E-state index contributed by atoms with van der Waals surface area (Å²) < 4.78 is 63.3. The number of alkyl halides is 3. The highest BCUT2D eigenvalue weighted by molar-refractivity contribution is 7.86. The van der Waals surface area contributed by atoms with Gasteiger partial charge in [-0.3, -0.25) is 0 Å². The van der Waals surface area contributed by atoms with Crippen molar-refractivity contribution in [3.05, 3.63) is 18.7 Å². The van der Waals surface area contributed by atoms with Gasteiger partial charge in [0.2, 0.25) is 6.33 Å². The summed E-state index contributed by atoms with van der Waals surface area (Å²) in [6, 6.07) is 0. The van der Waals surface area contributed by atoms with Crippen LogP contribution < -0.4 is 4.57 Å². The molecule has 0 N–H and O–H groups in total. The monoisotopic (exact) mass is 302 g/mol. The summed E-state index contributed by atoms with van der Waals surface area (Å²) in [5, 5.41) is 0. The molecule has 19 heavy (non-hydrogen) atoms. The van der Waals surface area contributed by atoms with Gasteiger partial charge in [-0.05, 0) is 13.3 Å². The molecular weight excluding hydrogens is 285 g/mol. The van der Waals surface area contributed by atoms with E-state index in [1.807, 2.05) is 0 Å². The molecule has 0 atom stereocenters. The quantitative estimate of drug-likeness (QED) is 0.482. The van der Waals surface area contributed by atoms with E-state index in [2.05, 4.69) is 41.7 Å². The molecule has 112 valence electrons. The molecule has 0 aliphatic carbocycles. The first-order valence-corrected chi connectivity index (χ1v) is 7.09. The first-order valence-electron chi connectivity index (χ1n) is 5.68. The fourth-order valence-corrected chi connectivity index (χ4v) is 1.10. The van der Waals surface area contributed by atoms with Gasteiger partial charge in [-0.25, -0.2) is 17.6 Å². The predicted octanol–water partition coefficient (Wildman–Crippen LogP) is 1.65. The lowest BCUT2D eigenvalue weighted by Gasteiger charge is -2.08. The van der Waals surface area contributed by atoms with E-state index >= 15 is 0 Å². The molecule has 1 rings (SSSR count). The van der Waals surface area contributed by atoms with Crippen molar-refractivity contribution in [3.8, 4) is 0 Å². The molecule has 1 aromatic rings. The molecule has 0 unspecified atom stereocenters. The molecule has 0 radical (unpaired) electrons. The van der Waals surface area contributed by atoms with Gasteiger partial charge in [-0.1, -0.05) is 13.3 Å². The van der Waals surface area contributed by atoms with Crippen molar-refractivity contribution in [3.63, 3.8) is 0 Å². The maximum atomic E-state index is 10.7. The maximum absolute atomic E-state index is 10.7. The molecule has 0 bridgehead atoms. The zero-order chi connectivity index (χ0) is 15.1. The second-order valence-electron chi connectivity index (χ2n) is 3.74. The SMILES string of the molecule is CCCC[n+]1ccn(CC)c1.O=S(=O)([O-])C(F)(F)F. The van der Waals surface area contributed by atoms with E-state index in [0.29, 0.717) is 0 Å². The minimum atomic E-state index is -6.09. The van der Waals surface area contributed by atoms with E-state index in [-0.39, 0.29) is 0 Å². The fourth-order valence-electron chi connectivity index (χ4n) is 1.10. The number of unbranched alkanes of at least 4 members (excludes halogenated alkanes) is 1. The van der Waals surface area contributed by atoms with Gasteiger partial charge in [0.05, 0.1) is 13.1 Å². The number of hydrogen-bond acceptors (Lipinski definition) is 3. The van der Waals surface area contributed by atoms with Gasteiger partial charge in [0.25, 0.3) is 0 Å². The third kappa shape index (κ3) is 7.16. The Morgan fingerprint density at radius 3 is 2.16 bits per heavy atom. The molecule has 1 heterocycles. The second-order valence-corrected chi connectivity index (χ2v) is 5.11. The van der Waals surface area contributed by atoms with Crippen LogP contribution in [0, 0.1) is 0 Å². The molecule has 0 aromatic carbocycles. The first kappa shape index (κ1) is 17.9. The van der Waals surface area contributed by atoms with E-state index in [4.69, 9.17) is 13.0 Å². The number of halogens is 3.